The molecule has 0 radical (unpaired) electrons. The maximum absolute atomic E-state index is 12.8. The minimum atomic E-state index is -0.270. The van der Waals surface area contributed by atoms with E-state index >= 15 is 0 Å². The fourth-order valence-corrected chi connectivity index (χ4v) is 4.54. The molecule has 2 amide bonds. The number of nitrogens with one attached hydrogen (secondary N) is 1. The maximum Gasteiger partial charge on any atom is 0.266 e. The number of rotatable bonds is 9. The van der Waals surface area contributed by atoms with E-state index in [1.54, 1.807) is 32.4 Å². The number of amides is 2. The van der Waals surface area contributed by atoms with Crippen LogP contribution in [0.15, 0.2) is 23.1 Å². The van der Waals surface area contributed by atoms with Gasteiger partial charge < -0.3 is 19.5 Å². The SMILES string of the molecule is COc1ccc(/C=C2\SC(=S)N(CC(=O)NCCCN3CCOCC3)C2=O)cc1OC. The molecule has 0 aromatic heterocycles. The van der Waals surface area contributed by atoms with Gasteiger partial charge in [-0.15, -0.1) is 0 Å². The van der Waals surface area contributed by atoms with E-state index in [-0.39, 0.29) is 18.4 Å². The third kappa shape index (κ3) is 6.42. The summed E-state index contributed by atoms with van der Waals surface area (Å²) in [6.45, 7) is 4.78. The van der Waals surface area contributed by atoms with E-state index in [1.807, 2.05) is 6.07 Å². The molecule has 8 nitrogen and oxygen atoms in total. The molecule has 2 aliphatic rings. The van der Waals surface area contributed by atoms with Gasteiger partial charge in [0.1, 0.15) is 10.9 Å². The molecule has 1 aromatic rings. The quantitative estimate of drug-likeness (QED) is 0.336. The lowest BCUT2D eigenvalue weighted by Crippen LogP contribution is -2.41. The molecule has 0 unspecified atom stereocenters. The lowest BCUT2D eigenvalue weighted by molar-refractivity contribution is -0.128. The Bertz CT molecular complexity index is 855. The first kappa shape index (κ1) is 23.5. The summed E-state index contributed by atoms with van der Waals surface area (Å²) >= 11 is 6.51. The van der Waals surface area contributed by atoms with Gasteiger partial charge in [0, 0.05) is 19.6 Å². The number of hydrogen-bond donors (Lipinski definition) is 1. The zero-order chi connectivity index (χ0) is 22.2. The molecule has 2 aliphatic heterocycles. The zero-order valence-electron chi connectivity index (χ0n) is 17.7. The highest BCUT2D eigenvalue weighted by Gasteiger charge is 2.33. The normalized spacial score (nSPS) is 18.5. The Labute approximate surface area is 191 Å². The molecule has 2 fully saturated rings. The third-order valence-corrected chi connectivity index (χ3v) is 6.34. The van der Waals surface area contributed by atoms with E-state index in [4.69, 9.17) is 26.4 Å². The molecule has 1 aromatic carbocycles. The Morgan fingerprint density at radius 1 is 1.26 bits per heavy atom. The topological polar surface area (TPSA) is 80.3 Å². The van der Waals surface area contributed by atoms with Crippen molar-refractivity contribution in [3.8, 4) is 11.5 Å². The molecule has 0 saturated carbocycles. The number of thiocarbonyl (C=S) groups is 1. The molecule has 0 aliphatic carbocycles. The van der Waals surface area contributed by atoms with Crippen LogP contribution in [0.1, 0.15) is 12.0 Å². The smallest absolute Gasteiger partial charge is 0.266 e. The monoisotopic (exact) mass is 465 g/mol. The van der Waals surface area contributed by atoms with Crippen molar-refractivity contribution in [3.63, 3.8) is 0 Å². The summed E-state index contributed by atoms with van der Waals surface area (Å²) in [5.41, 5.74) is 0.783. The minimum absolute atomic E-state index is 0.0779. The number of carbonyl (C=O) groups is 2. The predicted octanol–water partition coefficient (Wildman–Crippen LogP) is 1.74. The molecular weight excluding hydrogens is 438 g/mol. The van der Waals surface area contributed by atoms with E-state index < -0.39 is 0 Å². The van der Waals surface area contributed by atoms with Crippen LogP contribution in [-0.2, 0) is 14.3 Å². The number of thioether (sulfide) groups is 1. The Morgan fingerprint density at radius 3 is 2.71 bits per heavy atom. The van der Waals surface area contributed by atoms with Crippen molar-refractivity contribution >= 4 is 46.2 Å². The van der Waals surface area contributed by atoms with Crippen LogP contribution in [0.4, 0.5) is 0 Å². The number of benzene rings is 1. The van der Waals surface area contributed by atoms with Gasteiger partial charge in [0.05, 0.1) is 32.3 Å². The highest BCUT2D eigenvalue weighted by molar-refractivity contribution is 8.26. The van der Waals surface area contributed by atoms with E-state index in [2.05, 4.69) is 10.2 Å². The average Bonchev–Trinajstić information content (AvgIpc) is 3.04. The molecule has 31 heavy (non-hydrogen) atoms. The number of methoxy groups -OCH3 is 2. The van der Waals surface area contributed by atoms with Crippen molar-refractivity contribution in [3.05, 3.63) is 28.7 Å². The minimum Gasteiger partial charge on any atom is -0.493 e. The molecule has 1 N–H and O–H groups in total. The summed E-state index contributed by atoms with van der Waals surface area (Å²) in [6.07, 6.45) is 2.59. The summed E-state index contributed by atoms with van der Waals surface area (Å²) in [5, 5.41) is 2.87. The maximum atomic E-state index is 12.8. The first-order valence-electron chi connectivity index (χ1n) is 10.1. The predicted molar refractivity (Wildman–Crippen MR) is 124 cm³/mol. The van der Waals surface area contributed by atoms with Crippen LogP contribution in [-0.4, -0.2) is 86.1 Å². The number of morpholine rings is 1. The van der Waals surface area contributed by atoms with Crippen LogP contribution in [0.25, 0.3) is 6.08 Å². The summed E-state index contributed by atoms with van der Waals surface area (Å²) in [4.78, 5) is 29.2. The first-order valence-corrected chi connectivity index (χ1v) is 11.3. The van der Waals surface area contributed by atoms with Crippen LogP contribution < -0.4 is 14.8 Å². The second-order valence-corrected chi connectivity index (χ2v) is 8.72. The fraction of sp³-hybridized carbons (Fsp3) is 0.476. The van der Waals surface area contributed by atoms with Gasteiger partial charge in [-0.2, -0.15) is 0 Å². The Morgan fingerprint density at radius 2 is 2.00 bits per heavy atom. The second kappa shape index (κ2) is 11.5. The number of nitrogens with zero attached hydrogens (tertiary/aromatic N) is 2. The molecule has 168 valence electrons. The zero-order valence-corrected chi connectivity index (χ0v) is 19.4. The Kier molecular flexibility index (Phi) is 8.70. The molecule has 0 spiro atoms. The summed E-state index contributed by atoms with van der Waals surface area (Å²) in [5.74, 6) is 0.694. The van der Waals surface area contributed by atoms with Crippen molar-refractivity contribution in [2.75, 3.05) is 60.2 Å². The molecule has 2 saturated heterocycles. The largest absolute Gasteiger partial charge is 0.493 e. The number of carbonyl (C=O) groups excluding carboxylic acids is 2. The van der Waals surface area contributed by atoms with Crippen molar-refractivity contribution in [2.45, 2.75) is 6.42 Å². The Hall–Kier alpha value is -2.14. The molecule has 3 rings (SSSR count). The first-order chi connectivity index (χ1) is 15.0. The molecule has 0 atom stereocenters. The number of ether oxygens (including phenoxy) is 3. The number of hydrogen-bond acceptors (Lipinski definition) is 8. The highest BCUT2D eigenvalue weighted by atomic mass is 32.2. The standard InChI is InChI=1S/C21H27N3O5S2/c1-27-16-5-4-15(12-17(16)28-2)13-18-20(26)24(21(30)31-18)14-19(25)22-6-3-7-23-8-10-29-11-9-23/h4-5,12-13H,3,6-11,14H2,1-2H3,(H,22,25)/b18-13-. The summed E-state index contributed by atoms with van der Waals surface area (Å²) in [7, 11) is 3.12. The van der Waals surface area contributed by atoms with Crippen molar-refractivity contribution in [2.24, 2.45) is 0 Å². The van der Waals surface area contributed by atoms with Crippen molar-refractivity contribution < 1.29 is 23.8 Å². The van der Waals surface area contributed by atoms with Crippen LogP contribution in [0.2, 0.25) is 0 Å². The van der Waals surface area contributed by atoms with Gasteiger partial charge in [-0.05, 0) is 36.7 Å². The van der Waals surface area contributed by atoms with Gasteiger partial charge in [0.15, 0.2) is 11.5 Å². The van der Waals surface area contributed by atoms with Crippen LogP contribution >= 0.6 is 24.0 Å². The average molecular weight is 466 g/mol. The van der Waals surface area contributed by atoms with Crippen molar-refractivity contribution in [1.82, 2.24) is 15.1 Å². The van der Waals surface area contributed by atoms with Gasteiger partial charge in [0.25, 0.3) is 5.91 Å². The molecule has 10 heteroatoms. The molecular formula is C21H27N3O5S2. The van der Waals surface area contributed by atoms with E-state index in [9.17, 15) is 9.59 Å². The van der Waals surface area contributed by atoms with Crippen LogP contribution in [0.3, 0.4) is 0 Å². The van der Waals surface area contributed by atoms with E-state index in [1.165, 1.54) is 16.7 Å². The van der Waals surface area contributed by atoms with Gasteiger partial charge in [-0.3, -0.25) is 19.4 Å². The molecule has 2 heterocycles. The second-order valence-electron chi connectivity index (χ2n) is 7.04. The lowest BCUT2D eigenvalue weighted by Gasteiger charge is -2.26. The summed E-state index contributed by atoms with van der Waals surface area (Å²) < 4.78 is 16.2. The summed E-state index contributed by atoms with van der Waals surface area (Å²) in [6, 6.07) is 5.39. The third-order valence-electron chi connectivity index (χ3n) is 4.96. The van der Waals surface area contributed by atoms with Crippen LogP contribution in [0, 0.1) is 0 Å². The van der Waals surface area contributed by atoms with Crippen LogP contribution in [0.5, 0.6) is 11.5 Å². The van der Waals surface area contributed by atoms with Gasteiger partial charge in [-0.1, -0.05) is 30.0 Å². The van der Waals surface area contributed by atoms with Gasteiger partial charge >= 0.3 is 0 Å². The lowest BCUT2D eigenvalue weighted by atomic mass is 10.2. The Balaban J connectivity index is 1.51. The molecule has 0 bridgehead atoms. The van der Waals surface area contributed by atoms with Crippen molar-refractivity contribution in [1.29, 1.82) is 0 Å². The highest BCUT2D eigenvalue weighted by Crippen LogP contribution is 2.34. The fourth-order valence-electron chi connectivity index (χ4n) is 3.29. The van der Waals surface area contributed by atoms with E-state index in [0.717, 1.165) is 44.8 Å². The van der Waals surface area contributed by atoms with Gasteiger partial charge in [0.2, 0.25) is 5.91 Å². The van der Waals surface area contributed by atoms with Gasteiger partial charge in [-0.25, -0.2) is 0 Å². The van der Waals surface area contributed by atoms with E-state index in [0.29, 0.717) is 27.3 Å².